The standard InChI is InChI=1S/C25H27FN2O5/c1-2-3-4-19(25(32)33-12-20(29)27-14-7-5-13(26)6-8-14)28-23(30)21-15-9-10-16(18-11-17(15)18)22(21)24(28)31/h5-10,15-19,21-22H,2-4,11-12H2,1H3,(H,27,29)/t15-,16-,17-,18-,19+,21-,22+/m1/s1. The topological polar surface area (TPSA) is 92.8 Å². The third-order valence-corrected chi connectivity index (χ3v) is 7.59. The van der Waals surface area contributed by atoms with Crippen molar-refractivity contribution in [3.05, 3.63) is 42.2 Å². The molecule has 8 heteroatoms. The third-order valence-electron chi connectivity index (χ3n) is 7.59. The van der Waals surface area contributed by atoms with E-state index in [2.05, 4.69) is 17.5 Å². The van der Waals surface area contributed by atoms with E-state index in [0.29, 0.717) is 30.4 Å². The third kappa shape index (κ3) is 3.75. The molecule has 1 aliphatic heterocycles. The molecule has 1 saturated heterocycles. The first kappa shape index (κ1) is 21.8. The number of imide groups is 1. The number of carbonyl (C=O) groups is 4. The van der Waals surface area contributed by atoms with Crippen LogP contribution in [0.3, 0.4) is 0 Å². The van der Waals surface area contributed by atoms with Gasteiger partial charge in [0.25, 0.3) is 5.91 Å². The fourth-order valence-corrected chi connectivity index (χ4v) is 6.00. The Bertz CT molecular complexity index is 986. The van der Waals surface area contributed by atoms with Crippen LogP contribution in [0.15, 0.2) is 36.4 Å². The van der Waals surface area contributed by atoms with Gasteiger partial charge in [-0.05, 0) is 60.8 Å². The van der Waals surface area contributed by atoms with Crippen LogP contribution in [0, 0.1) is 41.3 Å². The van der Waals surface area contributed by atoms with Crippen molar-refractivity contribution in [2.75, 3.05) is 11.9 Å². The molecule has 7 atom stereocenters. The maximum absolute atomic E-state index is 13.4. The number of benzene rings is 1. The van der Waals surface area contributed by atoms with Gasteiger partial charge in [-0.15, -0.1) is 0 Å². The van der Waals surface area contributed by atoms with Crippen LogP contribution in [-0.4, -0.2) is 41.2 Å². The molecule has 5 aliphatic rings. The van der Waals surface area contributed by atoms with Crippen LogP contribution >= 0.6 is 0 Å². The highest BCUT2D eigenvalue weighted by molar-refractivity contribution is 6.09. The predicted octanol–water partition coefficient (Wildman–Crippen LogP) is 2.92. The molecule has 33 heavy (non-hydrogen) atoms. The second-order valence-corrected chi connectivity index (χ2v) is 9.52. The highest BCUT2D eigenvalue weighted by Crippen LogP contribution is 2.65. The highest BCUT2D eigenvalue weighted by Gasteiger charge is 2.67. The van der Waals surface area contributed by atoms with E-state index in [1.54, 1.807) is 0 Å². The molecule has 7 nitrogen and oxygen atoms in total. The van der Waals surface area contributed by atoms with Crippen LogP contribution in [-0.2, 0) is 23.9 Å². The molecule has 1 aromatic carbocycles. The molecule has 2 saturated carbocycles. The van der Waals surface area contributed by atoms with Gasteiger partial charge in [0.1, 0.15) is 11.9 Å². The summed E-state index contributed by atoms with van der Waals surface area (Å²) in [6.07, 6.45) is 6.99. The van der Waals surface area contributed by atoms with E-state index < -0.39 is 30.3 Å². The number of nitrogens with zero attached hydrogens (tertiary/aromatic N) is 1. The Hall–Kier alpha value is -3.03. The Morgan fingerprint density at radius 3 is 2.27 bits per heavy atom. The zero-order valence-corrected chi connectivity index (χ0v) is 18.4. The fraction of sp³-hybridized carbons (Fsp3) is 0.520. The Labute approximate surface area is 191 Å². The number of hydrogen-bond donors (Lipinski definition) is 1. The molecule has 6 rings (SSSR count). The number of rotatable bonds is 8. The van der Waals surface area contributed by atoms with Gasteiger partial charge in [-0.3, -0.25) is 19.3 Å². The number of allylic oxidation sites excluding steroid dienone is 2. The van der Waals surface area contributed by atoms with Crippen LogP contribution in [0.2, 0.25) is 0 Å². The van der Waals surface area contributed by atoms with Crippen LogP contribution in [0.1, 0.15) is 32.6 Å². The average Bonchev–Trinajstić information content (AvgIpc) is 3.59. The molecule has 3 amide bonds. The summed E-state index contributed by atoms with van der Waals surface area (Å²) in [4.78, 5) is 53.1. The smallest absolute Gasteiger partial charge is 0.329 e. The first-order valence-corrected chi connectivity index (χ1v) is 11.7. The summed E-state index contributed by atoms with van der Waals surface area (Å²) in [6, 6.07) is 4.19. The van der Waals surface area contributed by atoms with Crippen molar-refractivity contribution >= 4 is 29.4 Å². The molecule has 2 bridgehead atoms. The molecule has 1 aromatic rings. The molecule has 4 aliphatic carbocycles. The highest BCUT2D eigenvalue weighted by atomic mass is 19.1. The van der Waals surface area contributed by atoms with Crippen LogP contribution in [0.25, 0.3) is 0 Å². The van der Waals surface area contributed by atoms with E-state index in [4.69, 9.17) is 4.74 Å². The Balaban J connectivity index is 1.27. The summed E-state index contributed by atoms with van der Waals surface area (Å²) >= 11 is 0. The van der Waals surface area contributed by atoms with Gasteiger partial charge in [-0.2, -0.15) is 0 Å². The zero-order valence-electron chi connectivity index (χ0n) is 18.4. The number of carbonyl (C=O) groups excluding carboxylic acids is 4. The molecule has 0 aromatic heterocycles. The van der Waals surface area contributed by atoms with E-state index in [1.807, 2.05) is 6.92 Å². The second-order valence-electron chi connectivity index (χ2n) is 9.52. The number of anilines is 1. The summed E-state index contributed by atoms with van der Waals surface area (Å²) < 4.78 is 18.3. The molecular formula is C25H27FN2O5. The minimum atomic E-state index is -1.02. The first-order chi connectivity index (χ1) is 15.9. The Kier molecular flexibility index (Phi) is 5.54. The minimum Gasteiger partial charge on any atom is -0.454 e. The molecule has 1 heterocycles. The lowest BCUT2D eigenvalue weighted by molar-refractivity contribution is -0.160. The van der Waals surface area contributed by atoms with Crippen LogP contribution in [0.4, 0.5) is 10.1 Å². The first-order valence-electron chi connectivity index (χ1n) is 11.7. The molecule has 0 unspecified atom stereocenters. The SMILES string of the molecule is CCCC[C@@H](C(=O)OCC(=O)Nc1ccc(F)cc1)N1C(=O)[C@@H]2[C@@H]3C=C[C@H]([C@H]4C[C@H]34)[C@@H]2C1=O. The number of ether oxygens (including phenoxy) is 1. The Morgan fingerprint density at radius 2 is 1.70 bits per heavy atom. The normalized spacial score (nSPS) is 31.8. The van der Waals surface area contributed by atoms with E-state index >= 15 is 0 Å². The molecule has 3 fully saturated rings. The van der Waals surface area contributed by atoms with E-state index in [0.717, 1.165) is 17.7 Å². The van der Waals surface area contributed by atoms with E-state index in [-0.39, 0.29) is 35.5 Å². The van der Waals surface area contributed by atoms with Crippen molar-refractivity contribution in [1.82, 2.24) is 4.90 Å². The minimum absolute atomic E-state index is 0.0794. The molecule has 0 spiro atoms. The van der Waals surface area contributed by atoms with E-state index in [9.17, 15) is 23.6 Å². The largest absolute Gasteiger partial charge is 0.454 e. The van der Waals surface area contributed by atoms with Gasteiger partial charge >= 0.3 is 5.97 Å². The van der Waals surface area contributed by atoms with Gasteiger partial charge in [0, 0.05) is 5.69 Å². The zero-order chi connectivity index (χ0) is 23.3. The molecule has 1 N–H and O–H groups in total. The van der Waals surface area contributed by atoms with Gasteiger partial charge in [-0.25, -0.2) is 9.18 Å². The second kappa shape index (κ2) is 8.39. The van der Waals surface area contributed by atoms with Gasteiger partial charge in [-0.1, -0.05) is 31.9 Å². The quantitative estimate of drug-likeness (QED) is 0.370. The number of likely N-dealkylation sites (tertiary alicyclic amines) is 1. The maximum atomic E-state index is 13.4. The lowest BCUT2D eigenvalue weighted by Gasteiger charge is -2.37. The molecular weight excluding hydrogens is 427 g/mol. The number of unbranched alkanes of at least 4 members (excludes halogenated alkanes) is 1. The number of nitrogens with one attached hydrogen (secondary N) is 1. The summed E-state index contributed by atoms with van der Waals surface area (Å²) in [5.74, 6) is -1.95. The van der Waals surface area contributed by atoms with Crippen LogP contribution in [0.5, 0.6) is 0 Å². The number of halogens is 1. The Morgan fingerprint density at radius 1 is 1.09 bits per heavy atom. The average molecular weight is 454 g/mol. The summed E-state index contributed by atoms with van der Waals surface area (Å²) in [7, 11) is 0. The van der Waals surface area contributed by atoms with Gasteiger partial charge in [0.2, 0.25) is 11.8 Å². The van der Waals surface area contributed by atoms with Crippen molar-refractivity contribution in [3.63, 3.8) is 0 Å². The fourth-order valence-electron chi connectivity index (χ4n) is 6.00. The van der Waals surface area contributed by atoms with Crippen molar-refractivity contribution in [2.45, 2.75) is 38.6 Å². The van der Waals surface area contributed by atoms with E-state index in [1.165, 1.54) is 24.3 Å². The molecule has 0 radical (unpaired) electrons. The van der Waals surface area contributed by atoms with Gasteiger partial charge in [0.15, 0.2) is 6.61 Å². The van der Waals surface area contributed by atoms with Crippen molar-refractivity contribution in [3.8, 4) is 0 Å². The van der Waals surface area contributed by atoms with Crippen molar-refractivity contribution in [1.29, 1.82) is 0 Å². The maximum Gasteiger partial charge on any atom is 0.329 e. The molecule has 174 valence electrons. The summed E-state index contributed by atoms with van der Waals surface area (Å²) in [5, 5.41) is 2.53. The van der Waals surface area contributed by atoms with Gasteiger partial charge in [0.05, 0.1) is 11.8 Å². The monoisotopic (exact) mass is 454 g/mol. The van der Waals surface area contributed by atoms with Crippen LogP contribution < -0.4 is 5.32 Å². The lowest BCUT2D eigenvalue weighted by Crippen LogP contribution is -2.47. The summed E-state index contributed by atoms with van der Waals surface area (Å²) in [5.41, 5.74) is 0.371. The number of esters is 1. The number of hydrogen-bond acceptors (Lipinski definition) is 5. The summed E-state index contributed by atoms with van der Waals surface area (Å²) in [6.45, 7) is 1.41. The predicted molar refractivity (Wildman–Crippen MR) is 116 cm³/mol. The van der Waals surface area contributed by atoms with Crippen molar-refractivity contribution in [2.24, 2.45) is 35.5 Å². The number of amides is 3. The van der Waals surface area contributed by atoms with Crippen molar-refractivity contribution < 1.29 is 28.3 Å². The lowest BCUT2D eigenvalue weighted by atomic mass is 9.63. The van der Waals surface area contributed by atoms with Gasteiger partial charge < -0.3 is 10.1 Å².